The average molecular weight is 500 g/mol. The van der Waals surface area contributed by atoms with Crippen LogP contribution >= 0.6 is 11.6 Å². The molecule has 2 unspecified atom stereocenters. The summed E-state index contributed by atoms with van der Waals surface area (Å²) in [6, 6.07) is 8.25. The van der Waals surface area contributed by atoms with Gasteiger partial charge in [0.15, 0.2) is 6.61 Å². The van der Waals surface area contributed by atoms with Gasteiger partial charge < -0.3 is 30.6 Å². The summed E-state index contributed by atoms with van der Waals surface area (Å²) in [6.07, 6.45) is 1.25. The Balaban J connectivity index is 1.61. The van der Waals surface area contributed by atoms with Crippen LogP contribution in [0.1, 0.15) is 47.8 Å². The number of hydrogen-bond donors (Lipinski definition) is 4. The second kappa shape index (κ2) is 9.87. The molecule has 1 aliphatic carbocycles. The number of H-pyrrole nitrogens is 1. The Labute approximate surface area is 206 Å². The molecule has 5 N–H and O–H groups in total. The van der Waals surface area contributed by atoms with E-state index in [-0.39, 0.29) is 36.5 Å². The number of aromatic carboxylic acids is 1. The van der Waals surface area contributed by atoms with Crippen molar-refractivity contribution in [1.29, 1.82) is 0 Å². The van der Waals surface area contributed by atoms with Crippen LogP contribution in [0.3, 0.4) is 0 Å². The molecule has 0 radical (unpaired) electrons. The molecule has 2 atom stereocenters. The van der Waals surface area contributed by atoms with Gasteiger partial charge in [-0.3, -0.25) is 4.79 Å². The van der Waals surface area contributed by atoms with Gasteiger partial charge in [-0.25, -0.2) is 9.59 Å². The van der Waals surface area contributed by atoms with Crippen molar-refractivity contribution >= 4 is 51.7 Å². The third-order valence-electron chi connectivity index (χ3n) is 6.22. The van der Waals surface area contributed by atoms with Gasteiger partial charge in [0.1, 0.15) is 11.4 Å². The molecule has 4 rings (SSSR count). The van der Waals surface area contributed by atoms with Crippen LogP contribution < -0.4 is 15.8 Å². The molecule has 9 nitrogen and oxygen atoms in total. The molecular formula is C25H26ClN3O6. The summed E-state index contributed by atoms with van der Waals surface area (Å²) in [4.78, 5) is 40.0. The maximum Gasteiger partial charge on any atom is 0.352 e. The Bertz CT molecular complexity index is 1320. The van der Waals surface area contributed by atoms with E-state index in [9.17, 15) is 19.5 Å². The summed E-state index contributed by atoms with van der Waals surface area (Å²) in [5.41, 5.74) is 8.89. The SMILES string of the molecule is CCOC(=O)COc1cc(N)ccc1NC(=O)C(C)C1CCc2cc(Cl)cc3[nH]c(C(=O)O)c1c23. The third kappa shape index (κ3) is 4.90. The van der Waals surface area contributed by atoms with E-state index in [1.807, 2.05) is 6.07 Å². The predicted octanol–water partition coefficient (Wildman–Crippen LogP) is 4.35. The molecule has 35 heavy (non-hydrogen) atoms. The van der Waals surface area contributed by atoms with E-state index >= 15 is 0 Å². The molecule has 0 fully saturated rings. The maximum absolute atomic E-state index is 13.3. The van der Waals surface area contributed by atoms with Gasteiger partial charge in [0.2, 0.25) is 5.91 Å². The largest absolute Gasteiger partial charge is 0.480 e. The van der Waals surface area contributed by atoms with Crippen molar-refractivity contribution in [2.45, 2.75) is 32.6 Å². The first-order valence-electron chi connectivity index (χ1n) is 11.3. The van der Waals surface area contributed by atoms with Crippen molar-refractivity contribution in [1.82, 2.24) is 4.98 Å². The van der Waals surface area contributed by atoms with Gasteiger partial charge in [0.25, 0.3) is 0 Å². The minimum atomic E-state index is -1.09. The molecule has 0 aliphatic heterocycles. The molecule has 184 valence electrons. The van der Waals surface area contributed by atoms with Gasteiger partial charge in [-0.15, -0.1) is 0 Å². The van der Waals surface area contributed by atoms with E-state index < -0.39 is 17.9 Å². The summed E-state index contributed by atoms with van der Waals surface area (Å²) < 4.78 is 10.4. The van der Waals surface area contributed by atoms with E-state index in [0.717, 1.165) is 10.9 Å². The number of aromatic nitrogens is 1. The van der Waals surface area contributed by atoms with Crippen molar-refractivity contribution in [2.24, 2.45) is 5.92 Å². The van der Waals surface area contributed by atoms with Gasteiger partial charge in [0.05, 0.1) is 12.3 Å². The molecular weight excluding hydrogens is 474 g/mol. The number of halogens is 1. The third-order valence-corrected chi connectivity index (χ3v) is 6.44. The zero-order valence-electron chi connectivity index (χ0n) is 19.3. The van der Waals surface area contributed by atoms with Crippen LogP contribution in [0.4, 0.5) is 11.4 Å². The number of carboxylic acid groups (broad SMARTS) is 1. The summed E-state index contributed by atoms with van der Waals surface area (Å²) in [5, 5.41) is 14.0. The number of amides is 1. The van der Waals surface area contributed by atoms with Crippen molar-refractivity contribution in [3.63, 3.8) is 0 Å². The van der Waals surface area contributed by atoms with Gasteiger partial charge in [-0.1, -0.05) is 18.5 Å². The number of ether oxygens (including phenoxy) is 2. The van der Waals surface area contributed by atoms with Crippen LogP contribution in [-0.2, 0) is 20.7 Å². The standard InChI is InChI=1S/C25H26ClN3O6/c1-3-34-20(30)11-35-19-10-15(27)5-7-17(19)29-24(31)12(2)16-6-4-13-8-14(26)9-18-21(13)22(16)23(28-18)25(32)33/h5,7-10,12,16,28H,3-4,6,11,27H2,1-2H3,(H,29,31)(H,32,33). The van der Waals surface area contributed by atoms with E-state index in [4.69, 9.17) is 26.8 Å². The normalized spacial score (nSPS) is 15.5. The van der Waals surface area contributed by atoms with Gasteiger partial charge in [-0.2, -0.15) is 0 Å². The quantitative estimate of drug-likeness (QED) is 0.266. The molecule has 0 saturated heterocycles. The molecule has 10 heteroatoms. The summed E-state index contributed by atoms with van der Waals surface area (Å²) >= 11 is 6.21. The molecule has 2 aromatic carbocycles. The van der Waals surface area contributed by atoms with Crippen molar-refractivity contribution in [3.05, 3.63) is 52.2 Å². The highest BCUT2D eigenvalue weighted by Crippen LogP contribution is 2.44. The van der Waals surface area contributed by atoms with Crippen molar-refractivity contribution in [2.75, 3.05) is 24.3 Å². The number of anilines is 2. The smallest absolute Gasteiger partial charge is 0.352 e. The lowest BCUT2D eigenvalue weighted by atomic mass is 9.76. The zero-order chi connectivity index (χ0) is 25.3. The number of hydrogen-bond acceptors (Lipinski definition) is 6. The van der Waals surface area contributed by atoms with Gasteiger partial charge in [0, 0.05) is 33.6 Å². The van der Waals surface area contributed by atoms with Gasteiger partial charge in [-0.05, 0) is 61.1 Å². The number of carbonyl (C=O) groups excluding carboxylic acids is 2. The van der Waals surface area contributed by atoms with Gasteiger partial charge >= 0.3 is 11.9 Å². The Morgan fingerprint density at radius 1 is 1.29 bits per heavy atom. The molecule has 1 heterocycles. The molecule has 1 aliphatic rings. The second-order valence-corrected chi connectivity index (χ2v) is 8.92. The Morgan fingerprint density at radius 3 is 2.77 bits per heavy atom. The molecule has 0 bridgehead atoms. The number of nitrogen functional groups attached to an aromatic ring is 1. The van der Waals surface area contributed by atoms with Crippen LogP contribution in [0.5, 0.6) is 5.75 Å². The van der Waals surface area contributed by atoms with Crippen molar-refractivity contribution in [3.8, 4) is 5.75 Å². The summed E-state index contributed by atoms with van der Waals surface area (Å²) in [7, 11) is 0. The van der Waals surface area contributed by atoms with E-state index in [2.05, 4.69) is 10.3 Å². The fourth-order valence-electron chi connectivity index (χ4n) is 4.63. The lowest BCUT2D eigenvalue weighted by Crippen LogP contribution is -2.28. The number of benzene rings is 2. The fraction of sp³-hybridized carbons (Fsp3) is 0.320. The number of nitrogens with two attached hydrogens (primary N) is 1. The maximum atomic E-state index is 13.3. The van der Waals surface area contributed by atoms with Crippen LogP contribution in [-0.4, -0.2) is 41.2 Å². The van der Waals surface area contributed by atoms with Crippen molar-refractivity contribution < 1.29 is 29.0 Å². The second-order valence-electron chi connectivity index (χ2n) is 8.48. The van der Waals surface area contributed by atoms with Crippen LogP contribution in [0.15, 0.2) is 30.3 Å². The minimum Gasteiger partial charge on any atom is -0.480 e. The first-order chi connectivity index (χ1) is 16.7. The molecule has 0 spiro atoms. The number of rotatable bonds is 8. The highest BCUT2D eigenvalue weighted by molar-refractivity contribution is 6.31. The van der Waals surface area contributed by atoms with E-state index in [0.29, 0.717) is 40.3 Å². The first-order valence-corrected chi connectivity index (χ1v) is 11.6. The Morgan fingerprint density at radius 2 is 2.06 bits per heavy atom. The lowest BCUT2D eigenvalue weighted by Gasteiger charge is -2.28. The predicted molar refractivity (Wildman–Crippen MR) is 132 cm³/mol. The number of esters is 1. The number of aryl methyl sites for hydroxylation is 1. The molecule has 3 aromatic rings. The van der Waals surface area contributed by atoms with Crippen LogP contribution in [0.2, 0.25) is 5.02 Å². The lowest BCUT2D eigenvalue weighted by molar-refractivity contribution is -0.145. The number of carbonyl (C=O) groups is 3. The topological polar surface area (TPSA) is 144 Å². The van der Waals surface area contributed by atoms with Crippen LogP contribution in [0.25, 0.3) is 10.9 Å². The first kappa shape index (κ1) is 24.4. The highest BCUT2D eigenvalue weighted by atomic mass is 35.5. The fourth-order valence-corrected chi connectivity index (χ4v) is 4.87. The number of nitrogens with one attached hydrogen (secondary N) is 2. The Hall–Kier alpha value is -3.72. The summed E-state index contributed by atoms with van der Waals surface area (Å²) in [5.74, 6) is -2.61. The minimum absolute atomic E-state index is 0.0683. The molecule has 0 saturated carbocycles. The van der Waals surface area contributed by atoms with Crippen LogP contribution in [0, 0.1) is 5.92 Å². The molecule has 1 amide bonds. The summed E-state index contributed by atoms with van der Waals surface area (Å²) in [6.45, 7) is 3.35. The zero-order valence-corrected chi connectivity index (χ0v) is 20.1. The van der Waals surface area contributed by atoms with E-state index in [1.165, 1.54) is 6.07 Å². The highest BCUT2D eigenvalue weighted by Gasteiger charge is 2.35. The number of carboxylic acids is 1. The monoisotopic (exact) mass is 499 g/mol. The van der Waals surface area contributed by atoms with E-state index in [1.54, 1.807) is 32.0 Å². The number of aromatic amines is 1. The average Bonchev–Trinajstić information content (AvgIpc) is 3.19. The Kier molecular flexibility index (Phi) is 6.88. The molecule has 1 aromatic heterocycles.